The van der Waals surface area contributed by atoms with Gasteiger partial charge >= 0.3 is 0 Å². The maximum Gasteiger partial charge on any atom is 0.229 e. The minimum Gasteiger partial charge on any atom is -0.399 e. The van der Waals surface area contributed by atoms with Crippen molar-refractivity contribution in [1.29, 1.82) is 0 Å². The summed E-state index contributed by atoms with van der Waals surface area (Å²) in [4.78, 5) is 20.7. The number of nitrogens with one attached hydrogen (secondary N) is 1. The number of hydrogen-bond donors (Lipinski definition) is 3. The normalized spacial score (nSPS) is 15.1. The van der Waals surface area contributed by atoms with E-state index in [0.717, 1.165) is 55.1 Å². The van der Waals surface area contributed by atoms with E-state index in [1.54, 1.807) is 0 Å². The smallest absolute Gasteiger partial charge is 0.229 e. The van der Waals surface area contributed by atoms with Gasteiger partial charge in [0.2, 0.25) is 5.91 Å². The molecule has 7 heteroatoms. The van der Waals surface area contributed by atoms with E-state index in [-0.39, 0.29) is 24.2 Å². The molecule has 0 bridgehead atoms. The van der Waals surface area contributed by atoms with Gasteiger partial charge in [-0.3, -0.25) is 4.79 Å². The lowest BCUT2D eigenvalue weighted by Gasteiger charge is -2.37. The first-order valence-electron chi connectivity index (χ1n) is 10.3. The predicted molar refractivity (Wildman–Crippen MR) is 126 cm³/mol. The lowest BCUT2D eigenvalue weighted by molar-refractivity contribution is -0.132. The van der Waals surface area contributed by atoms with E-state index in [1.165, 1.54) is 10.9 Å². The third-order valence-corrected chi connectivity index (χ3v) is 5.93. The van der Waals surface area contributed by atoms with Crippen LogP contribution in [0.15, 0.2) is 48.7 Å². The molecule has 1 fully saturated rings. The molecule has 1 aliphatic rings. The molecule has 1 atom stereocenters. The van der Waals surface area contributed by atoms with E-state index >= 15 is 0 Å². The van der Waals surface area contributed by atoms with Crippen molar-refractivity contribution in [2.24, 2.45) is 5.73 Å². The molecule has 3 aromatic rings. The van der Waals surface area contributed by atoms with Gasteiger partial charge in [0.05, 0.1) is 5.92 Å². The van der Waals surface area contributed by atoms with Crippen LogP contribution in [0.25, 0.3) is 10.9 Å². The van der Waals surface area contributed by atoms with Gasteiger partial charge < -0.3 is 26.3 Å². The fourth-order valence-corrected chi connectivity index (χ4v) is 4.11. The number of aromatic amines is 1. The van der Waals surface area contributed by atoms with E-state index in [2.05, 4.69) is 28.1 Å². The maximum absolute atomic E-state index is 13.1. The highest BCUT2D eigenvalue weighted by Crippen LogP contribution is 2.26. The monoisotopic (exact) mass is 427 g/mol. The number of nitrogen functional groups attached to an aromatic ring is 1. The number of fused-ring (bicyclic) bond motifs is 1. The molecule has 1 amide bonds. The summed E-state index contributed by atoms with van der Waals surface area (Å²) < 4.78 is 0. The Kier molecular flexibility index (Phi) is 6.90. The summed E-state index contributed by atoms with van der Waals surface area (Å²) >= 11 is 0. The molecule has 2 heterocycles. The van der Waals surface area contributed by atoms with E-state index in [4.69, 9.17) is 11.5 Å². The van der Waals surface area contributed by atoms with Crippen LogP contribution in [0.4, 0.5) is 11.4 Å². The molecule has 4 rings (SSSR count). The fraction of sp³-hybridized carbons (Fsp3) is 0.348. The van der Waals surface area contributed by atoms with Gasteiger partial charge in [0, 0.05) is 54.7 Å². The van der Waals surface area contributed by atoms with E-state index in [9.17, 15) is 4.79 Å². The third kappa shape index (κ3) is 4.40. The number of nitrogens with two attached hydrogens (primary N) is 2. The number of piperazine rings is 1. The van der Waals surface area contributed by atoms with Gasteiger partial charge in [0.15, 0.2) is 0 Å². The second-order valence-electron chi connectivity index (χ2n) is 7.78. The minimum absolute atomic E-state index is 0. The van der Waals surface area contributed by atoms with E-state index < -0.39 is 0 Å². The fourth-order valence-electron chi connectivity index (χ4n) is 4.11. The van der Waals surface area contributed by atoms with Gasteiger partial charge in [0.1, 0.15) is 0 Å². The Balaban J connectivity index is 0.00000256. The number of nitrogens with zero attached hydrogens (tertiary/aromatic N) is 2. The Morgan fingerprint density at radius 1 is 1.10 bits per heavy atom. The number of carbonyl (C=O) groups excluding carboxylic acids is 1. The van der Waals surface area contributed by atoms with Gasteiger partial charge in [-0.1, -0.05) is 6.07 Å². The molecule has 0 spiro atoms. The lowest BCUT2D eigenvalue weighted by Crippen LogP contribution is -2.49. The Hall–Kier alpha value is -2.70. The molecule has 5 N–H and O–H groups in total. The van der Waals surface area contributed by atoms with Crippen LogP contribution in [-0.2, 0) is 11.2 Å². The Morgan fingerprint density at radius 3 is 2.47 bits per heavy atom. The molecule has 30 heavy (non-hydrogen) atoms. The van der Waals surface area contributed by atoms with Crippen molar-refractivity contribution in [3.05, 3.63) is 59.8 Å². The number of benzene rings is 2. The molecule has 0 aliphatic carbocycles. The van der Waals surface area contributed by atoms with Crippen LogP contribution in [-0.4, -0.2) is 48.5 Å². The van der Waals surface area contributed by atoms with Crippen LogP contribution in [0.2, 0.25) is 0 Å². The summed E-state index contributed by atoms with van der Waals surface area (Å²) in [5.41, 5.74) is 16.8. The predicted octanol–water partition coefficient (Wildman–Crippen LogP) is 3.13. The first kappa shape index (κ1) is 22.0. The van der Waals surface area contributed by atoms with Gasteiger partial charge in [-0.25, -0.2) is 0 Å². The van der Waals surface area contributed by atoms with Crippen molar-refractivity contribution < 1.29 is 4.79 Å². The Bertz CT molecular complexity index is 993. The Morgan fingerprint density at radius 2 is 1.80 bits per heavy atom. The van der Waals surface area contributed by atoms with E-state index in [0.29, 0.717) is 6.54 Å². The van der Waals surface area contributed by atoms with E-state index in [1.807, 2.05) is 42.3 Å². The second-order valence-corrected chi connectivity index (χ2v) is 7.78. The molecule has 1 aromatic heterocycles. The van der Waals surface area contributed by atoms with Gasteiger partial charge in [-0.05, 0) is 67.4 Å². The number of amides is 1. The standard InChI is InChI=1S/C23H29N5O.ClH/c1-16(17-2-7-22-21(14-17)18(8-9-24)15-26-22)23(29)28-12-10-27(11-13-28)20-5-3-19(25)4-6-20;/h2-7,14-16,26H,8-13,24-25H2,1H3;1H. The molecule has 2 aromatic carbocycles. The Labute approximate surface area is 183 Å². The zero-order valence-electron chi connectivity index (χ0n) is 17.3. The van der Waals surface area contributed by atoms with Crippen LogP contribution in [0, 0.1) is 0 Å². The quantitative estimate of drug-likeness (QED) is 0.545. The lowest BCUT2D eigenvalue weighted by atomic mass is 9.96. The number of carbonyl (C=O) groups is 1. The maximum atomic E-state index is 13.1. The van der Waals surface area contributed by atoms with Crippen LogP contribution in [0.3, 0.4) is 0 Å². The summed E-state index contributed by atoms with van der Waals surface area (Å²) in [6, 6.07) is 14.2. The summed E-state index contributed by atoms with van der Waals surface area (Å²) in [7, 11) is 0. The van der Waals surface area contributed by atoms with Crippen molar-refractivity contribution in [3.8, 4) is 0 Å². The molecule has 1 aliphatic heterocycles. The summed E-state index contributed by atoms with van der Waals surface area (Å²) in [6.07, 6.45) is 2.85. The number of aromatic nitrogens is 1. The van der Waals surface area contributed by atoms with Gasteiger partial charge in [-0.2, -0.15) is 0 Å². The van der Waals surface area contributed by atoms with Crippen molar-refractivity contribution in [3.63, 3.8) is 0 Å². The van der Waals surface area contributed by atoms with Gasteiger partial charge in [0.25, 0.3) is 0 Å². The topological polar surface area (TPSA) is 91.4 Å². The zero-order chi connectivity index (χ0) is 20.4. The summed E-state index contributed by atoms with van der Waals surface area (Å²) in [5, 5.41) is 1.17. The summed E-state index contributed by atoms with van der Waals surface area (Å²) in [5.74, 6) is 0.0281. The largest absolute Gasteiger partial charge is 0.399 e. The highest BCUT2D eigenvalue weighted by molar-refractivity contribution is 5.88. The molecule has 6 nitrogen and oxygen atoms in total. The minimum atomic E-state index is -0.164. The van der Waals surface area contributed by atoms with Crippen molar-refractivity contribution >= 4 is 40.6 Å². The first-order valence-corrected chi connectivity index (χ1v) is 10.3. The van der Waals surface area contributed by atoms with Crippen molar-refractivity contribution in [2.75, 3.05) is 43.4 Å². The molecular weight excluding hydrogens is 398 g/mol. The van der Waals surface area contributed by atoms with Crippen LogP contribution >= 0.6 is 12.4 Å². The van der Waals surface area contributed by atoms with Crippen LogP contribution in [0.5, 0.6) is 0 Å². The SMILES string of the molecule is CC(C(=O)N1CCN(c2ccc(N)cc2)CC1)c1ccc2[nH]cc(CCN)c2c1.Cl. The summed E-state index contributed by atoms with van der Waals surface area (Å²) in [6.45, 7) is 5.76. The number of hydrogen-bond acceptors (Lipinski definition) is 4. The second kappa shape index (κ2) is 9.41. The van der Waals surface area contributed by atoms with Gasteiger partial charge in [-0.15, -0.1) is 12.4 Å². The average molecular weight is 428 g/mol. The molecule has 160 valence electrons. The molecular formula is C23H30ClN5O. The third-order valence-electron chi connectivity index (χ3n) is 5.93. The zero-order valence-corrected chi connectivity index (χ0v) is 18.1. The molecule has 1 unspecified atom stereocenters. The molecule has 1 saturated heterocycles. The van der Waals surface area contributed by atoms with Crippen LogP contribution in [0.1, 0.15) is 24.0 Å². The highest BCUT2D eigenvalue weighted by atomic mass is 35.5. The highest BCUT2D eigenvalue weighted by Gasteiger charge is 2.26. The molecule has 0 radical (unpaired) electrons. The van der Waals surface area contributed by atoms with Crippen molar-refractivity contribution in [2.45, 2.75) is 19.3 Å². The number of H-pyrrole nitrogens is 1. The molecule has 0 saturated carbocycles. The number of halogens is 1. The number of anilines is 2. The average Bonchev–Trinajstić information content (AvgIpc) is 3.16. The first-order chi connectivity index (χ1) is 14.1. The number of rotatable bonds is 5. The van der Waals surface area contributed by atoms with Crippen molar-refractivity contribution in [1.82, 2.24) is 9.88 Å². The van der Waals surface area contributed by atoms with Crippen LogP contribution < -0.4 is 16.4 Å².